The highest BCUT2D eigenvalue weighted by Gasteiger charge is 2.25. The van der Waals surface area contributed by atoms with Crippen molar-refractivity contribution < 1.29 is 9.59 Å². The summed E-state index contributed by atoms with van der Waals surface area (Å²) in [5, 5.41) is 0. The second-order valence-electron chi connectivity index (χ2n) is 6.43. The molecule has 2 fully saturated rings. The van der Waals surface area contributed by atoms with E-state index in [9.17, 15) is 9.59 Å². The molecule has 2 rings (SSSR count). The van der Waals surface area contributed by atoms with Crippen molar-refractivity contribution in [3.63, 3.8) is 0 Å². The number of hydrogen-bond donors (Lipinski definition) is 1. The van der Waals surface area contributed by atoms with Crippen LogP contribution in [0.5, 0.6) is 0 Å². The minimum absolute atomic E-state index is 0.0618. The zero-order chi connectivity index (χ0) is 16.7. The predicted molar refractivity (Wildman–Crippen MR) is 94.4 cm³/mol. The molecule has 0 aromatic rings. The van der Waals surface area contributed by atoms with Crippen LogP contribution in [0.25, 0.3) is 0 Å². The van der Waals surface area contributed by atoms with Gasteiger partial charge >= 0.3 is 0 Å². The normalized spacial score (nSPS) is 21.3. The number of rotatable bonds is 6. The average Bonchev–Trinajstić information content (AvgIpc) is 3.00. The molecule has 0 unspecified atom stereocenters. The maximum Gasteiger partial charge on any atom is 0.239 e. The van der Waals surface area contributed by atoms with Gasteiger partial charge in [-0.25, -0.2) is 0 Å². The lowest BCUT2D eigenvalue weighted by Gasteiger charge is -2.25. The molecule has 2 heterocycles. The van der Waals surface area contributed by atoms with Crippen LogP contribution in [0.1, 0.15) is 25.7 Å². The lowest BCUT2D eigenvalue weighted by atomic mass is 10.2. The van der Waals surface area contributed by atoms with Crippen molar-refractivity contribution in [3.05, 3.63) is 0 Å². The summed E-state index contributed by atoms with van der Waals surface area (Å²) in [6, 6.07) is -0.389. The second kappa shape index (κ2) is 9.49. The van der Waals surface area contributed by atoms with E-state index in [0.717, 1.165) is 64.2 Å². The van der Waals surface area contributed by atoms with E-state index in [1.54, 1.807) is 11.8 Å². The number of amides is 2. The van der Waals surface area contributed by atoms with E-state index in [1.807, 2.05) is 16.1 Å². The van der Waals surface area contributed by atoms with Crippen LogP contribution in [0.15, 0.2) is 0 Å². The van der Waals surface area contributed by atoms with Gasteiger partial charge in [-0.05, 0) is 37.7 Å². The fraction of sp³-hybridized carbons (Fsp3) is 0.875. The van der Waals surface area contributed by atoms with Gasteiger partial charge in [0.15, 0.2) is 0 Å². The molecular weight excluding hydrogens is 312 g/mol. The molecule has 0 spiro atoms. The Kier molecular flexibility index (Phi) is 7.65. The molecule has 2 N–H and O–H groups in total. The van der Waals surface area contributed by atoms with Crippen LogP contribution >= 0.6 is 11.8 Å². The fourth-order valence-corrected chi connectivity index (χ4v) is 3.70. The summed E-state index contributed by atoms with van der Waals surface area (Å²) < 4.78 is 0. The third-order valence-corrected chi connectivity index (χ3v) is 5.31. The zero-order valence-electron chi connectivity index (χ0n) is 14.2. The first-order chi connectivity index (χ1) is 11.1. The first kappa shape index (κ1) is 18.5. The van der Waals surface area contributed by atoms with Crippen molar-refractivity contribution in [2.45, 2.75) is 31.7 Å². The minimum Gasteiger partial charge on any atom is -0.342 e. The highest BCUT2D eigenvalue weighted by Crippen LogP contribution is 2.10. The molecule has 0 aliphatic carbocycles. The average molecular weight is 343 g/mol. The van der Waals surface area contributed by atoms with Gasteiger partial charge in [-0.2, -0.15) is 11.8 Å². The van der Waals surface area contributed by atoms with Crippen molar-refractivity contribution >= 4 is 23.6 Å². The molecule has 2 aliphatic rings. The third-order valence-electron chi connectivity index (χ3n) is 4.67. The molecular formula is C16H30N4O2S. The van der Waals surface area contributed by atoms with Crippen LogP contribution in [0.2, 0.25) is 0 Å². The van der Waals surface area contributed by atoms with Crippen LogP contribution in [-0.4, -0.2) is 90.4 Å². The van der Waals surface area contributed by atoms with Crippen LogP contribution in [-0.2, 0) is 9.59 Å². The lowest BCUT2D eigenvalue weighted by Crippen LogP contribution is -2.46. The zero-order valence-corrected chi connectivity index (χ0v) is 15.0. The Labute approximate surface area is 143 Å². The molecule has 23 heavy (non-hydrogen) atoms. The van der Waals surface area contributed by atoms with Crippen LogP contribution in [0.3, 0.4) is 0 Å². The van der Waals surface area contributed by atoms with Crippen molar-refractivity contribution in [1.29, 1.82) is 0 Å². The summed E-state index contributed by atoms with van der Waals surface area (Å²) in [7, 11) is 0. The van der Waals surface area contributed by atoms with E-state index >= 15 is 0 Å². The van der Waals surface area contributed by atoms with E-state index in [4.69, 9.17) is 5.73 Å². The summed E-state index contributed by atoms with van der Waals surface area (Å²) in [6.45, 7) is 5.37. The molecule has 7 heteroatoms. The van der Waals surface area contributed by atoms with Crippen molar-refractivity contribution in [2.75, 3.05) is 57.8 Å². The maximum absolute atomic E-state index is 12.4. The van der Waals surface area contributed by atoms with Gasteiger partial charge < -0.3 is 15.5 Å². The summed E-state index contributed by atoms with van der Waals surface area (Å²) in [6.07, 6.45) is 5.92. The van der Waals surface area contributed by atoms with Crippen LogP contribution in [0, 0.1) is 0 Å². The maximum atomic E-state index is 12.4. The standard InChI is InChI=1S/C16H30N4O2S/c1-23-12-5-14(17)16(22)20-9-4-6-18(10-11-20)13-15(21)19-7-2-3-8-19/h14H,2-13,17H2,1H3/t14-/m0/s1. The number of likely N-dealkylation sites (tertiary alicyclic amines) is 1. The Hall–Kier alpha value is -0.790. The molecule has 2 amide bonds. The van der Waals surface area contributed by atoms with Gasteiger partial charge in [0.1, 0.15) is 0 Å². The van der Waals surface area contributed by atoms with Gasteiger partial charge in [0.05, 0.1) is 12.6 Å². The highest BCUT2D eigenvalue weighted by atomic mass is 32.2. The highest BCUT2D eigenvalue weighted by molar-refractivity contribution is 7.98. The quantitative estimate of drug-likeness (QED) is 0.748. The number of carbonyl (C=O) groups excluding carboxylic acids is 2. The molecule has 0 aromatic heterocycles. The van der Waals surface area contributed by atoms with Crippen molar-refractivity contribution in [1.82, 2.24) is 14.7 Å². The first-order valence-electron chi connectivity index (χ1n) is 8.65. The van der Waals surface area contributed by atoms with Gasteiger partial charge in [0.2, 0.25) is 11.8 Å². The topological polar surface area (TPSA) is 69.9 Å². The van der Waals surface area contributed by atoms with Gasteiger partial charge in [-0.3, -0.25) is 14.5 Å². The predicted octanol–water partition coefficient (Wildman–Crippen LogP) is 0.224. The van der Waals surface area contributed by atoms with Crippen molar-refractivity contribution in [2.24, 2.45) is 5.73 Å². The monoisotopic (exact) mass is 342 g/mol. The Morgan fingerprint density at radius 3 is 2.39 bits per heavy atom. The lowest BCUT2D eigenvalue weighted by molar-refractivity contribution is -0.132. The molecule has 0 aromatic carbocycles. The minimum atomic E-state index is -0.389. The summed E-state index contributed by atoms with van der Waals surface area (Å²) in [4.78, 5) is 30.7. The number of nitrogens with two attached hydrogens (primary N) is 1. The molecule has 0 bridgehead atoms. The van der Waals surface area contributed by atoms with E-state index in [1.165, 1.54) is 0 Å². The summed E-state index contributed by atoms with van der Waals surface area (Å²) >= 11 is 1.72. The summed E-state index contributed by atoms with van der Waals surface area (Å²) in [5.74, 6) is 1.21. The Balaban J connectivity index is 1.77. The molecule has 6 nitrogen and oxygen atoms in total. The smallest absolute Gasteiger partial charge is 0.239 e. The molecule has 0 saturated carbocycles. The molecule has 1 atom stereocenters. The largest absolute Gasteiger partial charge is 0.342 e. The second-order valence-corrected chi connectivity index (χ2v) is 7.42. The van der Waals surface area contributed by atoms with E-state index in [2.05, 4.69) is 4.90 Å². The molecule has 0 radical (unpaired) electrons. The van der Waals surface area contributed by atoms with Gasteiger partial charge in [0, 0.05) is 39.3 Å². The Morgan fingerprint density at radius 2 is 1.70 bits per heavy atom. The molecule has 2 saturated heterocycles. The number of nitrogens with zero attached hydrogens (tertiary/aromatic N) is 3. The van der Waals surface area contributed by atoms with E-state index in [0.29, 0.717) is 13.1 Å². The molecule has 2 aliphatic heterocycles. The SMILES string of the molecule is CSCC[C@H](N)C(=O)N1CCCN(CC(=O)N2CCCC2)CC1. The van der Waals surface area contributed by atoms with E-state index in [-0.39, 0.29) is 17.9 Å². The fourth-order valence-electron chi connectivity index (χ4n) is 3.21. The van der Waals surface area contributed by atoms with Crippen LogP contribution in [0.4, 0.5) is 0 Å². The number of carbonyl (C=O) groups is 2. The van der Waals surface area contributed by atoms with Crippen LogP contribution < -0.4 is 5.73 Å². The number of hydrogen-bond acceptors (Lipinski definition) is 5. The number of thioether (sulfide) groups is 1. The summed E-state index contributed by atoms with van der Waals surface area (Å²) in [5.41, 5.74) is 6.00. The Morgan fingerprint density at radius 1 is 1.00 bits per heavy atom. The van der Waals surface area contributed by atoms with E-state index < -0.39 is 0 Å². The van der Waals surface area contributed by atoms with Gasteiger partial charge in [0.25, 0.3) is 0 Å². The van der Waals surface area contributed by atoms with Gasteiger partial charge in [-0.1, -0.05) is 0 Å². The third kappa shape index (κ3) is 5.65. The first-order valence-corrected chi connectivity index (χ1v) is 10.0. The molecule has 132 valence electrons. The van der Waals surface area contributed by atoms with Crippen molar-refractivity contribution in [3.8, 4) is 0 Å². The van der Waals surface area contributed by atoms with Gasteiger partial charge in [-0.15, -0.1) is 0 Å². The Bertz CT molecular complexity index is 402.